The van der Waals surface area contributed by atoms with Gasteiger partial charge in [0.25, 0.3) is 0 Å². The maximum absolute atomic E-state index is 13.8. The summed E-state index contributed by atoms with van der Waals surface area (Å²) in [6, 6.07) is 1.90. The molecule has 1 aromatic rings. The van der Waals surface area contributed by atoms with Crippen LogP contribution in [0.15, 0.2) is 18.2 Å². The molecule has 0 amide bonds. The Balaban J connectivity index is 2.35. The fraction of sp³-hybridized carbons (Fsp3) is 0.538. The average Bonchev–Trinajstić information content (AvgIpc) is 2.84. The monoisotopic (exact) mass is 276 g/mol. The van der Waals surface area contributed by atoms with Gasteiger partial charge in [0.1, 0.15) is 5.82 Å². The zero-order valence-corrected chi connectivity index (χ0v) is 10.3. The van der Waals surface area contributed by atoms with E-state index in [-0.39, 0.29) is 11.5 Å². The van der Waals surface area contributed by atoms with Gasteiger partial charge in [0.15, 0.2) is 0 Å². The number of hydrogen-bond donors (Lipinski definition) is 2. The van der Waals surface area contributed by atoms with Crippen LogP contribution in [0.1, 0.15) is 42.9 Å². The Morgan fingerprint density at radius 1 is 1.21 bits per heavy atom. The first-order valence-corrected chi connectivity index (χ1v) is 6.26. The Hall–Kier alpha value is -1.14. The van der Waals surface area contributed by atoms with Crippen LogP contribution in [0.3, 0.4) is 0 Å². The predicted octanol–water partition coefficient (Wildman–Crippen LogP) is 3.54. The minimum absolute atomic E-state index is 0.00391. The van der Waals surface area contributed by atoms with Crippen LogP contribution in [0.25, 0.3) is 0 Å². The lowest BCUT2D eigenvalue weighted by atomic mass is 9.91. The van der Waals surface area contributed by atoms with Crippen LogP contribution in [0.2, 0.25) is 0 Å². The number of benzene rings is 1. The molecular weight excluding hydrogens is 260 g/mol. The van der Waals surface area contributed by atoms with Crippen molar-refractivity contribution in [2.24, 2.45) is 11.8 Å². The first-order valence-electron chi connectivity index (χ1n) is 6.26. The highest BCUT2D eigenvalue weighted by atomic mass is 19.4. The minimum atomic E-state index is -4.47. The fourth-order valence-corrected chi connectivity index (χ4v) is 2.73. The third-order valence-electron chi connectivity index (χ3n) is 3.71. The van der Waals surface area contributed by atoms with Crippen molar-refractivity contribution in [3.05, 3.63) is 35.1 Å². The third kappa shape index (κ3) is 3.06. The van der Waals surface area contributed by atoms with Crippen LogP contribution >= 0.6 is 0 Å². The van der Waals surface area contributed by atoms with Gasteiger partial charge in [-0.05, 0) is 37.0 Å². The van der Waals surface area contributed by atoms with Gasteiger partial charge >= 0.3 is 6.18 Å². The summed E-state index contributed by atoms with van der Waals surface area (Å²) in [5.74, 6) is 4.85. The second-order valence-electron chi connectivity index (χ2n) is 4.92. The molecule has 19 heavy (non-hydrogen) atoms. The highest BCUT2D eigenvalue weighted by molar-refractivity contribution is 5.30. The van der Waals surface area contributed by atoms with Gasteiger partial charge in [-0.25, -0.2) is 4.39 Å². The molecule has 106 valence electrons. The number of nitrogens with one attached hydrogen (secondary N) is 1. The molecule has 1 atom stereocenters. The largest absolute Gasteiger partial charge is 0.416 e. The van der Waals surface area contributed by atoms with E-state index in [1.165, 1.54) is 0 Å². The van der Waals surface area contributed by atoms with E-state index in [0.717, 1.165) is 43.9 Å². The maximum atomic E-state index is 13.8. The Morgan fingerprint density at radius 2 is 1.84 bits per heavy atom. The van der Waals surface area contributed by atoms with Crippen molar-refractivity contribution < 1.29 is 17.6 Å². The second-order valence-corrected chi connectivity index (χ2v) is 4.92. The normalized spacial score (nSPS) is 18.8. The molecule has 0 aliphatic heterocycles. The number of hydrazine groups is 1. The molecule has 1 aliphatic rings. The van der Waals surface area contributed by atoms with E-state index in [0.29, 0.717) is 0 Å². The maximum Gasteiger partial charge on any atom is 0.416 e. The smallest absolute Gasteiger partial charge is 0.271 e. The molecule has 1 unspecified atom stereocenters. The molecule has 2 nitrogen and oxygen atoms in total. The Labute approximate surface area is 109 Å². The van der Waals surface area contributed by atoms with Crippen molar-refractivity contribution in [1.29, 1.82) is 0 Å². The molecule has 1 aromatic carbocycles. The fourth-order valence-electron chi connectivity index (χ4n) is 2.73. The summed E-state index contributed by atoms with van der Waals surface area (Å²) in [7, 11) is 0. The Kier molecular flexibility index (Phi) is 4.10. The zero-order valence-electron chi connectivity index (χ0n) is 10.3. The van der Waals surface area contributed by atoms with Crippen LogP contribution < -0.4 is 11.3 Å². The van der Waals surface area contributed by atoms with Crippen molar-refractivity contribution in [3.8, 4) is 0 Å². The second kappa shape index (κ2) is 5.46. The minimum Gasteiger partial charge on any atom is -0.271 e. The molecule has 1 saturated carbocycles. The van der Waals surface area contributed by atoms with Crippen molar-refractivity contribution in [2.45, 2.75) is 37.9 Å². The summed E-state index contributed by atoms with van der Waals surface area (Å²) in [5.41, 5.74) is 1.63. The highest BCUT2D eigenvalue weighted by Gasteiger charge is 2.33. The van der Waals surface area contributed by atoms with E-state index in [1.54, 1.807) is 0 Å². The summed E-state index contributed by atoms with van der Waals surface area (Å²) < 4.78 is 51.8. The first-order chi connectivity index (χ1) is 8.93. The van der Waals surface area contributed by atoms with Gasteiger partial charge in [-0.3, -0.25) is 11.3 Å². The van der Waals surface area contributed by atoms with Crippen molar-refractivity contribution in [2.75, 3.05) is 0 Å². The lowest BCUT2D eigenvalue weighted by molar-refractivity contribution is -0.137. The molecular formula is C13H16F4N2. The average molecular weight is 276 g/mol. The van der Waals surface area contributed by atoms with Gasteiger partial charge in [-0.1, -0.05) is 12.8 Å². The van der Waals surface area contributed by atoms with Crippen LogP contribution in [0.5, 0.6) is 0 Å². The summed E-state index contributed by atoms with van der Waals surface area (Å²) in [6.07, 6.45) is -0.765. The molecule has 0 radical (unpaired) electrons. The number of alkyl halides is 3. The summed E-state index contributed by atoms with van der Waals surface area (Å²) in [5, 5.41) is 0. The van der Waals surface area contributed by atoms with Crippen LogP contribution in [0, 0.1) is 11.7 Å². The SMILES string of the molecule is NNC(c1cc(C(F)(F)F)ccc1F)C1CCCC1. The van der Waals surface area contributed by atoms with Gasteiger partial charge in [-0.15, -0.1) is 0 Å². The molecule has 1 fully saturated rings. The lowest BCUT2D eigenvalue weighted by Crippen LogP contribution is -2.33. The molecule has 0 spiro atoms. The lowest BCUT2D eigenvalue weighted by Gasteiger charge is -2.24. The van der Waals surface area contributed by atoms with E-state index < -0.39 is 23.6 Å². The predicted molar refractivity (Wildman–Crippen MR) is 63.4 cm³/mol. The quantitative estimate of drug-likeness (QED) is 0.503. The van der Waals surface area contributed by atoms with Crippen molar-refractivity contribution in [3.63, 3.8) is 0 Å². The van der Waals surface area contributed by atoms with Gasteiger partial charge in [-0.2, -0.15) is 13.2 Å². The zero-order chi connectivity index (χ0) is 14.0. The third-order valence-corrected chi connectivity index (χ3v) is 3.71. The summed E-state index contributed by atoms with van der Waals surface area (Å²) in [6.45, 7) is 0. The van der Waals surface area contributed by atoms with E-state index in [4.69, 9.17) is 5.84 Å². The summed E-state index contributed by atoms with van der Waals surface area (Å²) >= 11 is 0. The van der Waals surface area contributed by atoms with Gasteiger partial charge in [0, 0.05) is 5.56 Å². The molecule has 0 heterocycles. The standard InChI is InChI=1S/C13H16F4N2/c14-11-6-5-9(13(15,16)17)7-10(11)12(19-18)8-3-1-2-4-8/h5-8,12,19H,1-4,18H2. The highest BCUT2D eigenvalue weighted by Crippen LogP contribution is 2.38. The Morgan fingerprint density at radius 3 is 2.37 bits per heavy atom. The molecule has 1 aliphatic carbocycles. The molecule has 0 aromatic heterocycles. The number of halogens is 4. The molecule has 0 saturated heterocycles. The topological polar surface area (TPSA) is 38.0 Å². The van der Waals surface area contributed by atoms with Crippen molar-refractivity contribution in [1.82, 2.24) is 5.43 Å². The molecule has 6 heteroatoms. The van der Waals surface area contributed by atoms with Crippen LogP contribution in [-0.4, -0.2) is 0 Å². The molecule has 3 N–H and O–H groups in total. The van der Waals surface area contributed by atoms with E-state index in [2.05, 4.69) is 5.43 Å². The van der Waals surface area contributed by atoms with Gasteiger partial charge < -0.3 is 0 Å². The number of hydrogen-bond acceptors (Lipinski definition) is 2. The number of nitrogens with two attached hydrogens (primary N) is 1. The van der Waals surface area contributed by atoms with Gasteiger partial charge in [0.2, 0.25) is 0 Å². The van der Waals surface area contributed by atoms with E-state index >= 15 is 0 Å². The first kappa shape index (κ1) is 14.3. The van der Waals surface area contributed by atoms with Crippen LogP contribution in [-0.2, 0) is 6.18 Å². The molecule has 2 rings (SSSR count). The summed E-state index contributed by atoms with van der Waals surface area (Å²) in [4.78, 5) is 0. The Bertz CT molecular complexity index is 439. The van der Waals surface area contributed by atoms with Crippen molar-refractivity contribution >= 4 is 0 Å². The van der Waals surface area contributed by atoms with E-state index in [1.807, 2.05) is 0 Å². The molecule has 0 bridgehead atoms. The number of rotatable bonds is 3. The van der Waals surface area contributed by atoms with Gasteiger partial charge in [0.05, 0.1) is 11.6 Å². The van der Waals surface area contributed by atoms with Crippen LogP contribution in [0.4, 0.5) is 17.6 Å². The van der Waals surface area contributed by atoms with E-state index in [9.17, 15) is 17.6 Å².